The van der Waals surface area contributed by atoms with Gasteiger partial charge in [0.05, 0.1) is 29.0 Å². The van der Waals surface area contributed by atoms with Crippen molar-refractivity contribution < 1.29 is 0 Å². The van der Waals surface area contributed by atoms with Crippen LogP contribution in [0.25, 0.3) is 0 Å². The number of thioether (sulfide) groups is 1. The second-order valence-electron chi connectivity index (χ2n) is 4.41. The van der Waals surface area contributed by atoms with Gasteiger partial charge in [-0.2, -0.15) is 5.26 Å². The van der Waals surface area contributed by atoms with Crippen molar-refractivity contribution in [2.75, 3.05) is 17.7 Å². The zero-order valence-corrected chi connectivity index (χ0v) is 13.5. The number of benzene rings is 1. The SMILES string of the molecule is CCSc1cccc(N(C)Cc2scnc2C)c1C#N. The molecular formula is C15H17N3S2. The molecule has 1 aromatic heterocycles. The molecule has 2 rings (SSSR count). The smallest absolute Gasteiger partial charge is 0.103 e. The Morgan fingerprint density at radius 1 is 1.45 bits per heavy atom. The Hall–Kier alpha value is -1.51. The summed E-state index contributed by atoms with van der Waals surface area (Å²) in [5.74, 6) is 0.968. The molecule has 5 heteroatoms. The predicted octanol–water partition coefficient (Wildman–Crippen LogP) is 4.07. The minimum Gasteiger partial charge on any atom is -0.368 e. The zero-order valence-electron chi connectivity index (χ0n) is 11.9. The van der Waals surface area contributed by atoms with Crippen LogP contribution in [0.4, 0.5) is 5.69 Å². The molecule has 20 heavy (non-hydrogen) atoms. The number of hydrogen-bond acceptors (Lipinski definition) is 5. The summed E-state index contributed by atoms with van der Waals surface area (Å²) < 4.78 is 0. The van der Waals surface area contributed by atoms with Gasteiger partial charge in [0.1, 0.15) is 6.07 Å². The fourth-order valence-electron chi connectivity index (χ4n) is 2.00. The summed E-state index contributed by atoms with van der Waals surface area (Å²) in [4.78, 5) is 8.70. The molecule has 0 aliphatic carbocycles. The molecule has 0 radical (unpaired) electrons. The lowest BCUT2D eigenvalue weighted by Crippen LogP contribution is -2.17. The number of aryl methyl sites for hydroxylation is 1. The summed E-state index contributed by atoms with van der Waals surface area (Å²) in [5.41, 5.74) is 4.69. The molecule has 1 aromatic carbocycles. The van der Waals surface area contributed by atoms with Gasteiger partial charge >= 0.3 is 0 Å². The fraction of sp³-hybridized carbons (Fsp3) is 0.333. The summed E-state index contributed by atoms with van der Waals surface area (Å²) in [5, 5.41) is 9.46. The molecule has 0 saturated carbocycles. The zero-order chi connectivity index (χ0) is 14.5. The molecule has 2 aromatic rings. The average molecular weight is 303 g/mol. The maximum Gasteiger partial charge on any atom is 0.103 e. The first-order valence-corrected chi connectivity index (χ1v) is 8.30. The highest BCUT2D eigenvalue weighted by Crippen LogP contribution is 2.30. The Balaban J connectivity index is 2.30. The lowest BCUT2D eigenvalue weighted by molar-refractivity contribution is 0.920. The minimum atomic E-state index is 0.768. The van der Waals surface area contributed by atoms with Crippen molar-refractivity contribution in [1.82, 2.24) is 4.98 Å². The summed E-state index contributed by atoms with van der Waals surface area (Å²) in [6.45, 7) is 4.91. The molecule has 0 atom stereocenters. The van der Waals surface area contributed by atoms with Gasteiger partial charge in [0.15, 0.2) is 0 Å². The third-order valence-electron chi connectivity index (χ3n) is 3.05. The molecule has 0 saturated heterocycles. The number of nitrogens with zero attached hydrogens (tertiary/aromatic N) is 3. The van der Waals surface area contributed by atoms with Crippen molar-refractivity contribution in [2.24, 2.45) is 0 Å². The largest absolute Gasteiger partial charge is 0.368 e. The van der Waals surface area contributed by atoms with Gasteiger partial charge in [0.25, 0.3) is 0 Å². The Bertz CT molecular complexity index is 628. The Morgan fingerprint density at radius 2 is 2.25 bits per heavy atom. The molecule has 3 nitrogen and oxygen atoms in total. The van der Waals surface area contributed by atoms with Gasteiger partial charge in [-0.25, -0.2) is 4.98 Å². The van der Waals surface area contributed by atoms with E-state index in [0.717, 1.165) is 34.1 Å². The van der Waals surface area contributed by atoms with Crippen molar-refractivity contribution in [1.29, 1.82) is 5.26 Å². The number of rotatable bonds is 5. The molecule has 0 spiro atoms. The molecule has 0 amide bonds. The van der Waals surface area contributed by atoms with Crippen molar-refractivity contribution in [3.05, 3.63) is 39.8 Å². The Kier molecular flexibility index (Phi) is 5.05. The summed E-state index contributed by atoms with van der Waals surface area (Å²) in [6.07, 6.45) is 0. The maximum absolute atomic E-state index is 9.46. The molecular weight excluding hydrogens is 286 g/mol. The van der Waals surface area contributed by atoms with Gasteiger partial charge in [-0.3, -0.25) is 0 Å². The van der Waals surface area contributed by atoms with Gasteiger partial charge in [-0.15, -0.1) is 23.1 Å². The first kappa shape index (κ1) is 14.9. The summed E-state index contributed by atoms with van der Waals surface area (Å²) in [6, 6.07) is 8.39. The maximum atomic E-state index is 9.46. The monoisotopic (exact) mass is 303 g/mol. The lowest BCUT2D eigenvalue weighted by atomic mass is 10.1. The second-order valence-corrected chi connectivity index (χ2v) is 6.66. The number of nitriles is 1. The number of thiazole rings is 1. The highest BCUT2D eigenvalue weighted by molar-refractivity contribution is 7.99. The van der Waals surface area contributed by atoms with E-state index in [9.17, 15) is 5.26 Å². The van der Waals surface area contributed by atoms with E-state index in [1.165, 1.54) is 4.88 Å². The number of aromatic nitrogens is 1. The first-order chi connectivity index (χ1) is 9.67. The van der Waals surface area contributed by atoms with Crippen molar-refractivity contribution >= 4 is 28.8 Å². The highest BCUT2D eigenvalue weighted by Gasteiger charge is 2.13. The van der Waals surface area contributed by atoms with Crippen molar-refractivity contribution in [2.45, 2.75) is 25.3 Å². The van der Waals surface area contributed by atoms with Crippen LogP contribution in [0, 0.1) is 18.3 Å². The van der Waals surface area contributed by atoms with Crippen LogP contribution in [-0.4, -0.2) is 17.8 Å². The van der Waals surface area contributed by atoms with E-state index in [0.29, 0.717) is 0 Å². The lowest BCUT2D eigenvalue weighted by Gasteiger charge is -2.21. The third kappa shape index (κ3) is 3.14. The topological polar surface area (TPSA) is 39.9 Å². The van der Waals surface area contributed by atoms with Crippen LogP contribution in [-0.2, 0) is 6.54 Å². The quantitative estimate of drug-likeness (QED) is 0.781. The fourth-order valence-corrected chi connectivity index (χ4v) is 3.61. The van der Waals surface area contributed by atoms with E-state index < -0.39 is 0 Å². The van der Waals surface area contributed by atoms with E-state index in [2.05, 4.69) is 22.9 Å². The van der Waals surface area contributed by atoms with E-state index >= 15 is 0 Å². The standard InChI is InChI=1S/C15H17N3S2/c1-4-19-14-7-5-6-13(12(14)8-16)18(3)9-15-11(2)17-10-20-15/h5-7,10H,4,9H2,1-3H3. The molecule has 0 unspecified atom stereocenters. The van der Waals surface area contributed by atoms with Crippen LogP contribution in [0.3, 0.4) is 0 Å². The van der Waals surface area contributed by atoms with E-state index in [4.69, 9.17) is 0 Å². The molecule has 104 valence electrons. The molecule has 1 heterocycles. The highest BCUT2D eigenvalue weighted by atomic mass is 32.2. The van der Waals surface area contributed by atoms with Crippen molar-refractivity contribution in [3.8, 4) is 6.07 Å². The molecule has 0 N–H and O–H groups in total. The summed E-state index contributed by atoms with van der Waals surface area (Å²) in [7, 11) is 2.02. The predicted molar refractivity (Wildman–Crippen MR) is 86.5 cm³/mol. The van der Waals surface area contributed by atoms with E-state index in [1.54, 1.807) is 23.1 Å². The number of anilines is 1. The van der Waals surface area contributed by atoms with Crippen molar-refractivity contribution in [3.63, 3.8) is 0 Å². The van der Waals surface area contributed by atoms with Crippen LogP contribution in [0.15, 0.2) is 28.6 Å². The van der Waals surface area contributed by atoms with Gasteiger partial charge in [-0.1, -0.05) is 13.0 Å². The third-order valence-corrected chi connectivity index (χ3v) is 4.91. The molecule has 0 aliphatic heterocycles. The number of hydrogen-bond donors (Lipinski definition) is 0. The van der Waals surface area contributed by atoms with Crippen LogP contribution >= 0.6 is 23.1 Å². The minimum absolute atomic E-state index is 0.768. The Labute approximate surface area is 128 Å². The Morgan fingerprint density at radius 3 is 2.85 bits per heavy atom. The average Bonchev–Trinajstić information content (AvgIpc) is 2.84. The van der Waals surface area contributed by atoms with Gasteiger partial charge < -0.3 is 4.90 Å². The first-order valence-electron chi connectivity index (χ1n) is 6.43. The van der Waals surface area contributed by atoms with Gasteiger partial charge in [0, 0.05) is 16.8 Å². The van der Waals surface area contributed by atoms with Crippen LogP contribution in [0.1, 0.15) is 23.1 Å². The summed E-state index contributed by atoms with van der Waals surface area (Å²) >= 11 is 3.37. The molecule has 0 aliphatic rings. The van der Waals surface area contributed by atoms with Gasteiger partial charge in [-0.05, 0) is 24.8 Å². The van der Waals surface area contributed by atoms with E-state index in [-0.39, 0.29) is 0 Å². The molecule has 0 bridgehead atoms. The van der Waals surface area contributed by atoms with Crippen LogP contribution in [0.2, 0.25) is 0 Å². The normalized spacial score (nSPS) is 10.3. The van der Waals surface area contributed by atoms with Gasteiger partial charge in [0.2, 0.25) is 0 Å². The van der Waals surface area contributed by atoms with Crippen LogP contribution < -0.4 is 4.90 Å². The van der Waals surface area contributed by atoms with E-state index in [1.807, 2.05) is 37.7 Å². The second kappa shape index (κ2) is 6.78. The molecule has 0 fully saturated rings. The van der Waals surface area contributed by atoms with Crippen LogP contribution in [0.5, 0.6) is 0 Å².